The number of benzene rings is 1. The van der Waals surface area contributed by atoms with Crippen molar-refractivity contribution in [3.05, 3.63) is 107 Å². The van der Waals surface area contributed by atoms with E-state index in [-0.39, 0.29) is 18.0 Å². The van der Waals surface area contributed by atoms with Gasteiger partial charge in [0.2, 0.25) is 5.91 Å². The maximum atomic E-state index is 12.9. The molecule has 7 nitrogen and oxygen atoms in total. The molecule has 0 aliphatic carbocycles. The van der Waals surface area contributed by atoms with Gasteiger partial charge in [-0.3, -0.25) is 9.78 Å². The zero-order valence-corrected chi connectivity index (χ0v) is 22.9. The summed E-state index contributed by atoms with van der Waals surface area (Å²) in [7, 11) is 0. The Balaban J connectivity index is 1.47. The molecule has 0 bridgehead atoms. The van der Waals surface area contributed by atoms with Crippen molar-refractivity contribution < 1.29 is 4.79 Å². The number of nitrogens with one attached hydrogen (secondary N) is 2. The molecule has 194 valence electrons. The van der Waals surface area contributed by atoms with Crippen molar-refractivity contribution in [1.29, 1.82) is 0 Å². The second-order valence-electron chi connectivity index (χ2n) is 9.79. The summed E-state index contributed by atoms with van der Waals surface area (Å²) >= 11 is 5.82. The Morgan fingerprint density at radius 1 is 1.00 bits per heavy atom. The van der Waals surface area contributed by atoms with Crippen LogP contribution in [0.25, 0.3) is 5.82 Å². The molecule has 3 aromatic heterocycles. The molecule has 1 aliphatic rings. The molecular weight excluding hydrogens is 492 g/mol. The van der Waals surface area contributed by atoms with Crippen LogP contribution in [0.15, 0.2) is 73.1 Å². The maximum Gasteiger partial charge on any atom is 0.226 e. The maximum absolute atomic E-state index is 12.9. The van der Waals surface area contributed by atoms with Crippen LogP contribution < -0.4 is 10.6 Å². The third kappa shape index (κ3) is 5.04. The van der Waals surface area contributed by atoms with E-state index in [1.54, 1.807) is 6.20 Å². The predicted octanol–water partition coefficient (Wildman–Crippen LogP) is 5.50. The quantitative estimate of drug-likeness (QED) is 0.311. The van der Waals surface area contributed by atoms with Crippen molar-refractivity contribution in [1.82, 2.24) is 24.8 Å². The van der Waals surface area contributed by atoms with Crippen molar-refractivity contribution in [3.63, 3.8) is 0 Å². The first-order valence-corrected chi connectivity index (χ1v) is 13.2. The number of rotatable bonds is 7. The SMILES string of the molecule is Cc1ccc(NC(=O)CCN2C(=S)N[C@H](c3ccccn3)[C@@H]2c2cc(C)n(-c3ncccc3C)c2C)cc1. The van der Waals surface area contributed by atoms with Crippen LogP contribution in [-0.2, 0) is 4.79 Å². The van der Waals surface area contributed by atoms with E-state index < -0.39 is 0 Å². The van der Waals surface area contributed by atoms with Gasteiger partial charge in [-0.05, 0) is 87.4 Å². The fourth-order valence-electron chi connectivity index (χ4n) is 5.19. The summed E-state index contributed by atoms with van der Waals surface area (Å²) in [5.74, 6) is 0.868. The summed E-state index contributed by atoms with van der Waals surface area (Å²) in [5.41, 5.74) is 7.27. The number of pyridine rings is 2. The van der Waals surface area contributed by atoms with E-state index >= 15 is 0 Å². The number of anilines is 1. The highest BCUT2D eigenvalue weighted by Gasteiger charge is 2.41. The molecule has 8 heteroatoms. The van der Waals surface area contributed by atoms with Gasteiger partial charge in [-0.2, -0.15) is 0 Å². The van der Waals surface area contributed by atoms with Gasteiger partial charge in [0.05, 0.1) is 17.8 Å². The minimum Gasteiger partial charge on any atom is -0.352 e. The van der Waals surface area contributed by atoms with Crippen LogP contribution >= 0.6 is 12.2 Å². The second-order valence-corrected chi connectivity index (χ2v) is 10.2. The van der Waals surface area contributed by atoms with Gasteiger partial charge in [0.25, 0.3) is 0 Å². The number of aryl methyl sites for hydroxylation is 3. The lowest BCUT2D eigenvalue weighted by molar-refractivity contribution is -0.116. The Bertz CT molecular complexity index is 1460. The molecule has 1 saturated heterocycles. The van der Waals surface area contributed by atoms with Gasteiger partial charge < -0.3 is 20.1 Å². The number of carbonyl (C=O) groups excluding carboxylic acids is 1. The Kier molecular flexibility index (Phi) is 7.24. The van der Waals surface area contributed by atoms with Crippen LogP contribution in [0.2, 0.25) is 0 Å². The summed E-state index contributed by atoms with van der Waals surface area (Å²) in [6, 6.07) is 19.7. The Morgan fingerprint density at radius 3 is 2.47 bits per heavy atom. The van der Waals surface area contributed by atoms with Crippen molar-refractivity contribution in [3.8, 4) is 5.82 Å². The van der Waals surface area contributed by atoms with Crippen molar-refractivity contribution in [2.45, 2.75) is 46.2 Å². The van der Waals surface area contributed by atoms with Gasteiger partial charge >= 0.3 is 0 Å². The molecule has 1 fully saturated rings. The third-order valence-corrected chi connectivity index (χ3v) is 7.45. The smallest absolute Gasteiger partial charge is 0.226 e. The number of hydrogen-bond acceptors (Lipinski definition) is 4. The fourth-order valence-corrected chi connectivity index (χ4v) is 5.52. The van der Waals surface area contributed by atoms with E-state index in [1.807, 2.05) is 61.7 Å². The highest BCUT2D eigenvalue weighted by Crippen LogP contribution is 2.41. The Hall–Kier alpha value is -4.04. The monoisotopic (exact) mass is 524 g/mol. The van der Waals surface area contributed by atoms with Gasteiger partial charge in [0.15, 0.2) is 5.11 Å². The molecule has 1 aromatic carbocycles. The third-order valence-electron chi connectivity index (χ3n) is 7.10. The molecule has 0 radical (unpaired) electrons. The summed E-state index contributed by atoms with van der Waals surface area (Å²) in [5, 5.41) is 7.12. The molecule has 1 amide bonds. The van der Waals surface area contributed by atoms with Crippen LogP contribution in [0.3, 0.4) is 0 Å². The van der Waals surface area contributed by atoms with Crippen molar-refractivity contribution in [2.24, 2.45) is 0 Å². The van der Waals surface area contributed by atoms with Crippen LogP contribution in [0, 0.1) is 27.7 Å². The lowest BCUT2D eigenvalue weighted by atomic mass is 9.96. The second kappa shape index (κ2) is 10.8. The van der Waals surface area contributed by atoms with Crippen molar-refractivity contribution >= 4 is 28.9 Å². The van der Waals surface area contributed by atoms with Gasteiger partial charge in [-0.25, -0.2) is 4.98 Å². The molecule has 1 aliphatic heterocycles. The Morgan fingerprint density at radius 2 is 1.76 bits per heavy atom. The first kappa shape index (κ1) is 25.6. The summed E-state index contributed by atoms with van der Waals surface area (Å²) in [6.07, 6.45) is 3.93. The molecule has 4 heterocycles. The minimum absolute atomic E-state index is 0.0497. The Labute approximate surface area is 228 Å². The van der Waals surface area contributed by atoms with Crippen LogP contribution in [0.1, 0.15) is 52.3 Å². The van der Waals surface area contributed by atoms with E-state index in [1.165, 1.54) is 0 Å². The standard InChI is InChI=1S/C30H32N6OS/c1-19-10-12-23(13-11-19)33-26(37)14-17-35-28(27(34-30(35)38)25-9-5-6-15-31-25)24-18-21(3)36(22(24)4)29-20(2)8-7-16-32-29/h5-13,15-16,18,27-28H,14,17H2,1-4H3,(H,33,37)(H,34,38)/t27-,28+/m1/s1. The highest BCUT2D eigenvalue weighted by molar-refractivity contribution is 7.80. The van der Waals surface area contributed by atoms with Gasteiger partial charge in [0, 0.05) is 42.4 Å². The van der Waals surface area contributed by atoms with Gasteiger partial charge in [0.1, 0.15) is 5.82 Å². The van der Waals surface area contributed by atoms with E-state index in [2.05, 4.69) is 63.0 Å². The summed E-state index contributed by atoms with van der Waals surface area (Å²) < 4.78 is 2.20. The number of amides is 1. The number of hydrogen-bond donors (Lipinski definition) is 2. The van der Waals surface area contributed by atoms with E-state index in [0.29, 0.717) is 18.1 Å². The predicted molar refractivity (Wildman–Crippen MR) is 154 cm³/mol. The van der Waals surface area contributed by atoms with Crippen LogP contribution in [-0.4, -0.2) is 37.0 Å². The van der Waals surface area contributed by atoms with Crippen LogP contribution in [0.5, 0.6) is 0 Å². The lowest BCUT2D eigenvalue weighted by Crippen LogP contribution is -2.32. The molecular formula is C30H32N6OS. The number of thiocarbonyl (C=S) groups is 1. The summed E-state index contributed by atoms with van der Waals surface area (Å²) in [6.45, 7) is 8.79. The van der Waals surface area contributed by atoms with E-state index in [4.69, 9.17) is 12.2 Å². The fraction of sp³-hybridized carbons (Fsp3) is 0.267. The highest BCUT2D eigenvalue weighted by atomic mass is 32.1. The molecule has 38 heavy (non-hydrogen) atoms. The molecule has 2 N–H and O–H groups in total. The van der Waals surface area contributed by atoms with Gasteiger partial charge in [-0.15, -0.1) is 0 Å². The zero-order chi connectivity index (χ0) is 26.8. The lowest BCUT2D eigenvalue weighted by Gasteiger charge is -2.28. The minimum atomic E-state index is -0.150. The molecule has 4 aromatic rings. The average molecular weight is 525 g/mol. The molecule has 0 unspecified atom stereocenters. The summed E-state index contributed by atoms with van der Waals surface area (Å²) in [4.78, 5) is 24.3. The molecule has 2 atom stereocenters. The molecule has 0 saturated carbocycles. The van der Waals surface area contributed by atoms with E-state index in [9.17, 15) is 4.79 Å². The first-order valence-electron chi connectivity index (χ1n) is 12.8. The first-order chi connectivity index (χ1) is 18.3. The van der Waals surface area contributed by atoms with Crippen molar-refractivity contribution in [2.75, 3.05) is 11.9 Å². The van der Waals surface area contributed by atoms with E-state index in [0.717, 1.165) is 45.3 Å². The number of nitrogens with zero attached hydrogens (tertiary/aromatic N) is 4. The van der Waals surface area contributed by atoms with Crippen LogP contribution in [0.4, 0.5) is 5.69 Å². The normalized spacial score (nSPS) is 16.9. The number of carbonyl (C=O) groups is 1. The van der Waals surface area contributed by atoms with Gasteiger partial charge in [-0.1, -0.05) is 29.8 Å². The topological polar surface area (TPSA) is 75.1 Å². The average Bonchev–Trinajstić information content (AvgIpc) is 3.39. The molecule has 5 rings (SSSR count). The zero-order valence-electron chi connectivity index (χ0n) is 22.1. The molecule has 0 spiro atoms. The number of aromatic nitrogens is 3. The largest absolute Gasteiger partial charge is 0.352 e.